The lowest BCUT2D eigenvalue weighted by molar-refractivity contribution is -0.708. The van der Waals surface area contributed by atoms with Crippen LogP contribution in [-0.4, -0.2) is 12.1 Å². The first-order chi connectivity index (χ1) is 11.7. The molecule has 0 saturated heterocycles. The van der Waals surface area contributed by atoms with Crippen molar-refractivity contribution in [2.24, 2.45) is 0 Å². The number of nitrogens with zero attached hydrogens (tertiary/aromatic N) is 1. The van der Waals surface area contributed by atoms with Crippen molar-refractivity contribution in [2.75, 3.05) is 7.11 Å². The van der Waals surface area contributed by atoms with Gasteiger partial charge >= 0.3 is 0 Å². The molecule has 0 bridgehead atoms. The Labute approximate surface area is 151 Å². The Hall–Kier alpha value is -1.88. The van der Waals surface area contributed by atoms with Crippen molar-refractivity contribution in [3.05, 3.63) is 70.2 Å². The van der Waals surface area contributed by atoms with Crippen LogP contribution >= 0.6 is 22.9 Å². The Morgan fingerprint density at radius 2 is 1.83 bits per heavy atom. The largest absolute Gasteiger partial charge is 0.497 e. The number of thiazole rings is 1. The third-order valence-corrected chi connectivity index (χ3v) is 5.16. The van der Waals surface area contributed by atoms with E-state index in [-0.39, 0.29) is 0 Å². The minimum Gasteiger partial charge on any atom is -0.497 e. The Kier molecular flexibility index (Phi) is 5.51. The van der Waals surface area contributed by atoms with Crippen LogP contribution in [0.3, 0.4) is 0 Å². The van der Waals surface area contributed by atoms with Crippen molar-refractivity contribution in [2.45, 2.75) is 19.5 Å². The summed E-state index contributed by atoms with van der Waals surface area (Å²) in [7, 11) is 1.67. The van der Waals surface area contributed by atoms with E-state index in [2.05, 4.69) is 29.8 Å². The van der Waals surface area contributed by atoms with Crippen molar-refractivity contribution >= 4 is 22.9 Å². The Morgan fingerprint density at radius 3 is 2.50 bits per heavy atom. The topological polar surface area (TPSA) is 38.7 Å². The van der Waals surface area contributed by atoms with E-state index < -0.39 is 0 Å². The summed E-state index contributed by atoms with van der Waals surface area (Å²) in [5, 5.41) is 6.23. The molecule has 0 unspecified atom stereocenters. The molecule has 0 radical (unpaired) electrons. The van der Waals surface area contributed by atoms with Gasteiger partial charge in [-0.15, -0.1) is 11.3 Å². The molecular weight excluding hydrogens is 340 g/mol. The number of nitrogens with two attached hydrogens (primary N) is 1. The third-order valence-electron chi connectivity index (χ3n) is 3.97. The second kappa shape index (κ2) is 7.79. The molecule has 0 aliphatic carbocycles. The molecule has 0 amide bonds. The maximum absolute atomic E-state index is 5.94. The van der Waals surface area contributed by atoms with Gasteiger partial charge in [0.15, 0.2) is 0 Å². The quantitative estimate of drug-likeness (QED) is 0.712. The fourth-order valence-electron chi connectivity index (χ4n) is 2.47. The summed E-state index contributed by atoms with van der Waals surface area (Å²) in [5.41, 5.74) is 3.49. The lowest BCUT2D eigenvalue weighted by Crippen LogP contribution is -2.83. The normalized spacial score (nSPS) is 12.1. The fraction of sp³-hybridized carbons (Fsp3) is 0.211. The first kappa shape index (κ1) is 17.0. The highest BCUT2D eigenvalue weighted by Gasteiger charge is 2.11. The summed E-state index contributed by atoms with van der Waals surface area (Å²) in [5.74, 6) is 0.862. The first-order valence-corrected chi connectivity index (χ1v) is 9.09. The van der Waals surface area contributed by atoms with E-state index in [4.69, 9.17) is 21.3 Å². The van der Waals surface area contributed by atoms with Crippen LogP contribution in [0, 0.1) is 0 Å². The number of ether oxygens (including phenoxy) is 1. The van der Waals surface area contributed by atoms with Crippen molar-refractivity contribution in [1.29, 1.82) is 0 Å². The van der Waals surface area contributed by atoms with E-state index in [1.54, 1.807) is 18.4 Å². The molecule has 1 heterocycles. The van der Waals surface area contributed by atoms with Crippen molar-refractivity contribution in [3.63, 3.8) is 0 Å². The number of hydrogen-bond donors (Lipinski definition) is 1. The number of rotatable bonds is 6. The molecule has 5 heteroatoms. The highest BCUT2D eigenvalue weighted by molar-refractivity contribution is 7.13. The minimum atomic E-state index is 0.369. The molecule has 2 N–H and O–H groups in total. The molecular formula is C19H20ClN2OS+. The lowest BCUT2D eigenvalue weighted by Gasteiger charge is -2.10. The molecule has 2 aromatic carbocycles. The van der Waals surface area contributed by atoms with Gasteiger partial charge in [0.05, 0.1) is 7.11 Å². The molecule has 3 nitrogen and oxygen atoms in total. The van der Waals surface area contributed by atoms with Gasteiger partial charge in [-0.1, -0.05) is 23.7 Å². The molecule has 0 saturated carbocycles. The van der Waals surface area contributed by atoms with Crippen LogP contribution in [0.2, 0.25) is 5.02 Å². The summed E-state index contributed by atoms with van der Waals surface area (Å²) >= 11 is 7.62. The number of methoxy groups -OCH3 is 1. The van der Waals surface area contributed by atoms with Crippen LogP contribution in [0.1, 0.15) is 24.2 Å². The number of benzene rings is 2. The number of halogens is 1. The highest BCUT2D eigenvalue weighted by Crippen LogP contribution is 2.25. The Morgan fingerprint density at radius 1 is 1.12 bits per heavy atom. The van der Waals surface area contributed by atoms with Crippen LogP contribution in [0.25, 0.3) is 10.6 Å². The van der Waals surface area contributed by atoms with Gasteiger partial charge in [-0.2, -0.15) is 0 Å². The van der Waals surface area contributed by atoms with Crippen LogP contribution in [0.5, 0.6) is 5.75 Å². The zero-order chi connectivity index (χ0) is 16.9. The monoisotopic (exact) mass is 359 g/mol. The predicted octanol–water partition coefficient (Wildman–Crippen LogP) is 4.30. The number of hydrogen-bond acceptors (Lipinski definition) is 3. The second-order valence-electron chi connectivity index (χ2n) is 5.65. The lowest BCUT2D eigenvalue weighted by atomic mass is 10.1. The van der Waals surface area contributed by atoms with Crippen LogP contribution in [0.4, 0.5) is 0 Å². The minimum absolute atomic E-state index is 0.369. The Bertz CT molecular complexity index is 784. The van der Waals surface area contributed by atoms with E-state index in [0.29, 0.717) is 6.04 Å². The maximum atomic E-state index is 5.94. The summed E-state index contributed by atoms with van der Waals surface area (Å²) in [6.45, 7) is 3.05. The van der Waals surface area contributed by atoms with Gasteiger partial charge in [0.1, 0.15) is 29.0 Å². The smallest absolute Gasteiger partial charge is 0.123 e. The van der Waals surface area contributed by atoms with Gasteiger partial charge in [-0.05, 0) is 43.3 Å². The van der Waals surface area contributed by atoms with Crippen molar-refractivity contribution in [3.8, 4) is 16.3 Å². The zero-order valence-corrected chi connectivity index (χ0v) is 15.3. The van der Waals surface area contributed by atoms with E-state index >= 15 is 0 Å². The van der Waals surface area contributed by atoms with Gasteiger partial charge in [0, 0.05) is 21.5 Å². The molecule has 3 aromatic rings. The van der Waals surface area contributed by atoms with Gasteiger partial charge in [-0.3, -0.25) is 0 Å². The molecule has 3 rings (SSSR count). The van der Waals surface area contributed by atoms with Crippen LogP contribution in [-0.2, 0) is 6.54 Å². The summed E-state index contributed by atoms with van der Waals surface area (Å²) in [4.78, 5) is 4.74. The molecule has 0 spiro atoms. The summed E-state index contributed by atoms with van der Waals surface area (Å²) in [6.07, 6.45) is 0. The average Bonchev–Trinajstić information content (AvgIpc) is 3.09. The van der Waals surface area contributed by atoms with Crippen molar-refractivity contribution in [1.82, 2.24) is 4.98 Å². The molecule has 124 valence electrons. The summed E-state index contributed by atoms with van der Waals surface area (Å²) < 4.78 is 5.19. The van der Waals surface area contributed by atoms with E-state index in [1.165, 1.54) is 5.56 Å². The van der Waals surface area contributed by atoms with E-state index in [0.717, 1.165) is 33.6 Å². The Balaban J connectivity index is 1.62. The second-order valence-corrected chi connectivity index (χ2v) is 6.95. The summed E-state index contributed by atoms with van der Waals surface area (Å²) in [6, 6.07) is 16.4. The zero-order valence-electron chi connectivity index (χ0n) is 13.7. The van der Waals surface area contributed by atoms with Gasteiger partial charge in [0.2, 0.25) is 0 Å². The van der Waals surface area contributed by atoms with Gasteiger partial charge < -0.3 is 10.1 Å². The average molecular weight is 360 g/mol. The van der Waals surface area contributed by atoms with E-state index in [1.807, 2.05) is 36.4 Å². The van der Waals surface area contributed by atoms with Crippen LogP contribution < -0.4 is 10.1 Å². The molecule has 24 heavy (non-hydrogen) atoms. The predicted molar refractivity (Wildman–Crippen MR) is 99.6 cm³/mol. The fourth-order valence-corrected chi connectivity index (χ4v) is 3.43. The highest BCUT2D eigenvalue weighted by atomic mass is 35.5. The molecule has 1 atom stereocenters. The number of quaternary nitrogens is 1. The SMILES string of the molecule is COc1ccc(-c2nc(C[NH2+][C@@H](C)c3ccc(Cl)cc3)cs2)cc1. The molecule has 1 aromatic heterocycles. The van der Waals surface area contributed by atoms with E-state index in [9.17, 15) is 0 Å². The van der Waals surface area contributed by atoms with Gasteiger partial charge in [0.25, 0.3) is 0 Å². The first-order valence-electron chi connectivity index (χ1n) is 7.83. The maximum Gasteiger partial charge on any atom is 0.123 e. The van der Waals surface area contributed by atoms with Crippen molar-refractivity contribution < 1.29 is 10.1 Å². The molecule has 0 aliphatic heterocycles. The molecule has 0 fully saturated rings. The molecule has 0 aliphatic rings. The third kappa shape index (κ3) is 4.15. The van der Waals surface area contributed by atoms with Crippen LogP contribution in [0.15, 0.2) is 53.9 Å². The standard InChI is InChI=1S/C19H19ClN2OS/c1-13(14-3-7-16(20)8-4-14)21-11-17-12-24-19(22-17)15-5-9-18(23-2)10-6-15/h3-10,12-13,21H,11H2,1-2H3/p+1/t13-/m0/s1. The number of aromatic nitrogens is 1. The van der Waals surface area contributed by atoms with Gasteiger partial charge in [-0.25, -0.2) is 4.98 Å².